The highest BCUT2D eigenvalue weighted by Gasteiger charge is 2.38. The number of ether oxygens (including phenoxy) is 4. The molecule has 0 radical (unpaired) electrons. The number of hydrogen-bond donors (Lipinski definition) is 0. The van der Waals surface area contributed by atoms with Gasteiger partial charge in [-0.3, -0.25) is 0 Å². The predicted octanol–water partition coefficient (Wildman–Crippen LogP) is 2.78. The van der Waals surface area contributed by atoms with E-state index in [4.69, 9.17) is 18.9 Å². The number of carbonyl (C=O) groups is 1. The van der Waals surface area contributed by atoms with Crippen molar-refractivity contribution in [3.8, 4) is 11.5 Å². The maximum Gasteiger partial charge on any atom is 0.349 e. The van der Waals surface area contributed by atoms with Crippen LogP contribution in [-0.4, -0.2) is 32.1 Å². The van der Waals surface area contributed by atoms with Crippen LogP contribution in [0.2, 0.25) is 0 Å². The van der Waals surface area contributed by atoms with Crippen LogP contribution in [0.25, 0.3) is 5.57 Å². The number of methoxy groups -OCH3 is 1. The first-order valence-corrected chi connectivity index (χ1v) is 6.83. The first kappa shape index (κ1) is 13.9. The van der Waals surface area contributed by atoms with Gasteiger partial charge in [0.2, 0.25) is 5.79 Å². The van der Waals surface area contributed by atoms with Gasteiger partial charge in [0.1, 0.15) is 17.1 Å². The Morgan fingerprint density at radius 3 is 2.57 bits per heavy atom. The van der Waals surface area contributed by atoms with Crippen molar-refractivity contribution in [1.82, 2.24) is 0 Å². The molecule has 0 aliphatic carbocycles. The topological polar surface area (TPSA) is 54.0 Å². The van der Waals surface area contributed by atoms with Crippen LogP contribution in [0.15, 0.2) is 17.7 Å². The zero-order chi connectivity index (χ0) is 15.2. The van der Waals surface area contributed by atoms with Gasteiger partial charge >= 0.3 is 5.97 Å². The summed E-state index contributed by atoms with van der Waals surface area (Å²) in [5, 5.41) is 0. The van der Waals surface area contributed by atoms with E-state index in [0.29, 0.717) is 30.3 Å². The van der Waals surface area contributed by atoms with Crippen LogP contribution in [0.1, 0.15) is 36.7 Å². The van der Waals surface area contributed by atoms with Crippen molar-refractivity contribution in [1.29, 1.82) is 0 Å². The second kappa shape index (κ2) is 4.77. The smallest absolute Gasteiger partial charge is 0.349 e. The van der Waals surface area contributed by atoms with E-state index in [9.17, 15) is 4.79 Å². The molecule has 0 spiro atoms. The molecule has 0 N–H and O–H groups in total. The van der Waals surface area contributed by atoms with Gasteiger partial charge < -0.3 is 18.9 Å². The van der Waals surface area contributed by atoms with Crippen LogP contribution in [0.4, 0.5) is 0 Å². The quantitative estimate of drug-likeness (QED) is 0.784. The molecule has 0 bridgehead atoms. The highest BCUT2D eigenvalue weighted by molar-refractivity contribution is 5.99. The number of hydrogen-bond acceptors (Lipinski definition) is 5. The third kappa shape index (κ3) is 2.27. The summed E-state index contributed by atoms with van der Waals surface area (Å²) in [6, 6.07) is 3.66. The number of cyclic esters (lactones) is 1. The lowest BCUT2D eigenvalue weighted by atomic mass is 9.97. The van der Waals surface area contributed by atoms with Crippen molar-refractivity contribution >= 4 is 11.5 Å². The monoisotopic (exact) mass is 290 g/mol. The molecule has 21 heavy (non-hydrogen) atoms. The maximum absolute atomic E-state index is 12.3. The van der Waals surface area contributed by atoms with E-state index in [1.807, 2.05) is 13.0 Å². The van der Waals surface area contributed by atoms with Crippen molar-refractivity contribution in [2.45, 2.75) is 26.6 Å². The van der Waals surface area contributed by atoms with Gasteiger partial charge in [-0.2, -0.15) is 0 Å². The molecular formula is C16H18O5. The minimum absolute atomic E-state index is 0.335. The summed E-state index contributed by atoms with van der Waals surface area (Å²) in [6.45, 7) is 6.56. The van der Waals surface area contributed by atoms with Crippen LogP contribution >= 0.6 is 0 Å². The molecule has 0 amide bonds. The second-order valence-corrected chi connectivity index (χ2v) is 5.66. The molecule has 0 saturated carbocycles. The molecular weight excluding hydrogens is 272 g/mol. The molecule has 112 valence electrons. The van der Waals surface area contributed by atoms with Gasteiger partial charge in [-0.25, -0.2) is 4.79 Å². The Kier molecular flexibility index (Phi) is 3.17. The summed E-state index contributed by atoms with van der Waals surface area (Å²) in [5.74, 6) is -0.474. The van der Waals surface area contributed by atoms with E-state index in [1.165, 1.54) is 7.11 Å². The average Bonchev–Trinajstić information content (AvgIpc) is 2.82. The van der Waals surface area contributed by atoms with Gasteiger partial charge in [0.25, 0.3) is 0 Å². The second-order valence-electron chi connectivity index (χ2n) is 5.66. The van der Waals surface area contributed by atoms with E-state index < -0.39 is 11.8 Å². The number of benzene rings is 1. The molecule has 0 saturated heterocycles. The van der Waals surface area contributed by atoms with Crippen LogP contribution in [0.5, 0.6) is 11.5 Å². The Labute approximate surface area is 123 Å². The fraction of sp³-hybridized carbons (Fsp3) is 0.438. The van der Waals surface area contributed by atoms with Crippen LogP contribution < -0.4 is 9.47 Å². The van der Waals surface area contributed by atoms with E-state index in [2.05, 4.69) is 0 Å². The Bertz CT molecular complexity index is 642. The third-order valence-corrected chi connectivity index (χ3v) is 3.64. The van der Waals surface area contributed by atoms with E-state index in [1.54, 1.807) is 19.9 Å². The summed E-state index contributed by atoms with van der Waals surface area (Å²) in [4.78, 5) is 12.3. The Morgan fingerprint density at radius 2 is 1.95 bits per heavy atom. The lowest BCUT2D eigenvalue weighted by Crippen LogP contribution is -2.39. The third-order valence-electron chi connectivity index (χ3n) is 3.64. The van der Waals surface area contributed by atoms with Crippen molar-refractivity contribution in [3.05, 3.63) is 28.8 Å². The lowest BCUT2D eigenvalue weighted by Gasteiger charge is -2.33. The molecule has 0 aromatic heterocycles. The number of rotatable bonds is 2. The molecule has 5 nitrogen and oxygen atoms in total. The molecule has 0 fully saturated rings. The van der Waals surface area contributed by atoms with Crippen LogP contribution in [0.3, 0.4) is 0 Å². The van der Waals surface area contributed by atoms with E-state index in [-0.39, 0.29) is 0 Å². The van der Waals surface area contributed by atoms with E-state index >= 15 is 0 Å². The number of fused-ring (bicyclic) bond motifs is 1. The molecule has 0 unspecified atom stereocenters. The number of carbonyl (C=O) groups excluding carboxylic acids is 1. The van der Waals surface area contributed by atoms with Crippen molar-refractivity contribution < 1.29 is 23.7 Å². The molecule has 1 aromatic carbocycles. The van der Waals surface area contributed by atoms with E-state index in [0.717, 1.165) is 16.7 Å². The van der Waals surface area contributed by atoms with Crippen molar-refractivity contribution in [2.24, 2.45) is 0 Å². The zero-order valence-corrected chi connectivity index (χ0v) is 12.6. The van der Waals surface area contributed by atoms with Gasteiger partial charge in [0.05, 0.1) is 20.3 Å². The van der Waals surface area contributed by atoms with Gasteiger partial charge in [0.15, 0.2) is 0 Å². The van der Waals surface area contributed by atoms with Crippen LogP contribution in [-0.2, 0) is 9.47 Å². The normalized spacial score (nSPS) is 19.9. The average molecular weight is 290 g/mol. The Hall–Kier alpha value is -2.01. The summed E-state index contributed by atoms with van der Waals surface area (Å²) in [7, 11) is 1.52. The summed E-state index contributed by atoms with van der Waals surface area (Å²) in [6.07, 6.45) is 0. The highest BCUT2D eigenvalue weighted by Crippen LogP contribution is 2.43. The van der Waals surface area contributed by atoms with Crippen LogP contribution in [0, 0.1) is 0 Å². The molecule has 2 aliphatic rings. The SMILES string of the molecule is COc1ccc(C2=C(C)COC2)c2c1C(=O)OC(C)(C)O2. The fourth-order valence-corrected chi connectivity index (χ4v) is 2.64. The minimum atomic E-state index is -1.00. The summed E-state index contributed by atoms with van der Waals surface area (Å²) < 4.78 is 22.0. The standard InChI is InChI=1S/C16H18O5/c1-9-7-19-8-11(9)10-5-6-12(18-4)13-14(10)20-16(2,3)21-15(13)17/h5-6H,7-8H2,1-4H3. The molecule has 1 aromatic rings. The summed E-state index contributed by atoms with van der Waals surface area (Å²) in [5.41, 5.74) is 3.40. The predicted molar refractivity (Wildman–Crippen MR) is 76.5 cm³/mol. The Morgan fingerprint density at radius 1 is 1.19 bits per heavy atom. The van der Waals surface area contributed by atoms with Gasteiger partial charge in [0, 0.05) is 19.4 Å². The molecule has 0 atom stereocenters. The van der Waals surface area contributed by atoms with Crippen molar-refractivity contribution in [3.63, 3.8) is 0 Å². The highest BCUT2D eigenvalue weighted by atomic mass is 16.7. The fourth-order valence-electron chi connectivity index (χ4n) is 2.64. The van der Waals surface area contributed by atoms with Gasteiger partial charge in [-0.05, 0) is 30.2 Å². The lowest BCUT2D eigenvalue weighted by molar-refractivity contribution is -0.127. The summed E-state index contributed by atoms with van der Waals surface area (Å²) >= 11 is 0. The molecule has 2 aliphatic heterocycles. The minimum Gasteiger partial charge on any atom is -0.496 e. The van der Waals surface area contributed by atoms with Crippen molar-refractivity contribution in [2.75, 3.05) is 20.3 Å². The Balaban J connectivity index is 2.23. The first-order chi connectivity index (χ1) is 9.93. The molecule has 2 heterocycles. The zero-order valence-electron chi connectivity index (χ0n) is 12.6. The van der Waals surface area contributed by atoms with Gasteiger partial charge in [-0.15, -0.1) is 0 Å². The maximum atomic E-state index is 12.3. The first-order valence-electron chi connectivity index (χ1n) is 6.83. The largest absolute Gasteiger partial charge is 0.496 e. The molecule has 5 heteroatoms. The number of esters is 1. The molecule has 3 rings (SSSR count). The van der Waals surface area contributed by atoms with Gasteiger partial charge in [-0.1, -0.05) is 0 Å².